The molecule has 0 spiro atoms. The van der Waals surface area contributed by atoms with Crippen LogP contribution in [-0.2, 0) is 14.3 Å². The van der Waals surface area contributed by atoms with Gasteiger partial charge in [0.2, 0.25) is 5.91 Å². The zero-order chi connectivity index (χ0) is 23.8. The quantitative estimate of drug-likeness (QED) is 0.466. The number of benzene rings is 1. The Bertz CT molecular complexity index is 1210. The summed E-state index contributed by atoms with van der Waals surface area (Å²) in [4.78, 5) is 35.4. The second kappa shape index (κ2) is 11.2. The van der Waals surface area contributed by atoms with Crippen molar-refractivity contribution in [3.05, 3.63) is 77.6 Å². The molecule has 1 N–H and O–H groups in total. The first-order chi connectivity index (χ1) is 16.6. The van der Waals surface area contributed by atoms with Gasteiger partial charge >= 0.3 is 5.97 Å². The molecule has 1 fully saturated rings. The number of nitrogens with one attached hydrogen (secondary N) is 1. The number of carbonyl (C=O) groups excluding carboxylic acids is 2. The summed E-state index contributed by atoms with van der Waals surface area (Å²) in [6.07, 6.45) is 3.41. The average Bonchev–Trinajstić information content (AvgIpc) is 2.88. The Morgan fingerprint density at radius 1 is 1.09 bits per heavy atom. The summed E-state index contributed by atoms with van der Waals surface area (Å²) < 4.78 is 10.2. The van der Waals surface area contributed by atoms with Crippen molar-refractivity contribution < 1.29 is 19.1 Å². The molecule has 1 aliphatic heterocycles. The van der Waals surface area contributed by atoms with E-state index in [-0.39, 0.29) is 18.3 Å². The monoisotopic (exact) mass is 456 g/mol. The van der Waals surface area contributed by atoms with Crippen molar-refractivity contribution in [3.8, 4) is 23.1 Å². The topological polar surface area (TPSA) is 93.7 Å². The number of rotatable bonds is 5. The number of methoxy groups -OCH3 is 1. The van der Waals surface area contributed by atoms with Crippen LogP contribution >= 0.6 is 0 Å². The summed E-state index contributed by atoms with van der Waals surface area (Å²) in [5, 5.41) is 2.80. The van der Waals surface area contributed by atoms with Crippen molar-refractivity contribution in [3.63, 3.8) is 0 Å². The first-order valence-electron chi connectivity index (χ1n) is 10.8. The number of anilines is 1. The number of pyridine rings is 2. The number of hydrogen-bond donors (Lipinski definition) is 1. The van der Waals surface area contributed by atoms with E-state index < -0.39 is 5.97 Å². The molecule has 0 bridgehead atoms. The van der Waals surface area contributed by atoms with Crippen LogP contribution in [0.4, 0.5) is 5.82 Å². The molecule has 8 nitrogen and oxygen atoms in total. The molecule has 3 heterocycles. The van der Waals surface area contributed by atoms with Crippen LogP contribution in [0.2, 0.25) is 0 Å². The first-order valence-corrected chi connectivity index (χ1v) is 10.8. The van der Waals surface area contributed by atoms with Gasteiger partial charge in [0.15, 0.2) is 0 Å². The van der Waals surface area contributed by atoms with Crippen molar-refractivity contribution in [2.45, 2.75) is 0 Å². The lowest BCUT2D eigenvalue weighted by atomic mass is 10.1. The SMILES string of the molecule is COC(=O)c1cc(NC(=O)CN2CCOCC2)nc(-c2ccc(C#Cc3cccnc3)cc2)c1. The molecule has 1 aromatic carbocycles. The second-order valence-electron chi connectivity index (χ2n) is 7.62. The normalized spacial score (nSPS) is 13.4. The van der Waals surface area contributed by atoms with E-state index >= 15 is 0 Å². The van der Waals surface area contributed by atoms with Gasteiger partial charge in [0.1, 0.15) is 5.82 Å². The molecule has 172 valence electrons. The highest BCUT2D eigenvalue weighted by molar-refractivity contribution is 5.95. The molecule has 0 unspecified atom stereocenters. The fraction of sp³-hybridized carbons (Fsp3) is 0.231. The zero-order valence-electron chi connectivity index (χ0n) is 18.8. The minimum absolute atomic E-state index is 0.205. The van der Waals surface area contributed by atoms with Crippen LogP contribution in [0, 0.1) is 11.8 Å². The smallest absolute Gasteiger partial charge is 0.338 e. The molecule has 3 aromatic rings. The molecule has 1 saturated heterocycles. The first kappa shape index (κ1) is 23.1. The number of carbonyl (C=O) groups is 2. The summed E-state index contributed by atoms with van der Waals surface area (Å²) in [7, 11) is 1.31. The number of nitrogens with zero attached hydrogens (tertiary/aromatic N) is 3. The number of amides is 1. The Balaban J connectivity index is 1.54. The van der Waals surface area contributed by atoms with E-state index in [4.69, 9.17) is 9.47 Å². The van der Waals surface area contributed by atoms with Crippen molar-refractivity contribution in [1.29, 1.82) is 0 Å². The summed E-state index contributed by atoms with van der Waals surface area (Å²) in [5.41, 5.74) is 3.28. The number of hydrogen-bond acceptors (Lipinski definition) is 7. The van der Waals surface area contributed by atoms with Crippen LogP contribution in [0.5, 0.6) is 0 Å². The van der Waals surface area contributed by atoms with Crippen LogP contribution in [0.3, 0.4) is 0 Å². The molecule has 0 atom stereocenters. The van der Waals surface area contributed by atoms with Gasteiger partial charge in [0.25, 0.3) is 0 Å². The van der Waals surface area contributed by atoms with Crippen LogP contribution < -0.4 is 5.32 Å². The van der Waals surface area contributed by atoms with Crippen molar-refractivity contribution in [1.82, 2.24) is 14.9 Å². The molecule has 1 aliphatic rings. The molecule has 0 radical (unpaired) electrons. The lowest BCUT2D eigenvalue weighted by Crippen LogP contribution is -2.41. The fourth-order valence-corrected chi connectivity index (χ4v) is 3.43. The highest BCUT2D eigenvalue weighted by Gasteiger charge is 2.17. The molecule has 4 rings (SSSR count). The summed E-state index contributed by atoms with van der Waals surface area (Å²) in [6.45, 7) is 2.84. The summed E-state index contributed by atoms with van der Waals surface area (Å²) in [5.74, 6) is 5.74. The van der Waals surface area contributed by atoms with E-state index in [2.05, 4.69) is 27.1 Å². The maximum Gasteiger partial charge on any atom is 0.338 e. The van der Waals surface area contributed by atoms with Gasteiger partial charge in [-0.15, -0.1) is 0 Å². The predicted molar refractivity (Wildman–Crippen MR) is 127 cm³/mol. The third-order valence-corrected chi connectivity index (χ3v) is 5.18. The number of ether oxygens (including phenoxy) is 2. The number of aromatic nitrogens is 2. The number of esters is 1. The van der Waals surface area contributed by atoms with Crippen LogP contribution in [0.15, 0.2) is 60.9 Å². The maximum atomic E-state index is 12.5. The zero-order valence-corrected chi connectivity index (χ0v) is 18.8. The second-order valence-corrected chi connectivity index (χ2v) is 7.62. The van der Waals surface area contributed by atoms with Gasteiger partial charge in [-0.1, -0.05) is 24.0 Å². The van der Waals surface area contributed by atoms with Crippen molar-refractivity contribution in [2.24, 2.45) is 0 Å². The Hall–Kier alpha value is -4.06. The molecule has 1 amide bonds. The van der Waals surface area contributed by atoms with Gasteiger partial charge in [-0.25, -0.2) is 9.78 Å². The standard InChI is InChI=1S/C26H24N4O4/c1-33-26(32)22-15-23(28-24(16-22)29-25(31)18-30-11-13-34-14-12-30)21-8-6-19(7-9-21)4-5-20-3-2-10-27-17-20/h2-3,6-10,15-17H,11-14,18H2,1H3,(H,28,29,31). The van der Waals surface area contributed by atoms with Crippen LogP contribution in [-0.4, -0.2) is 66.7 Å². The van der Waals surface area contributed by atoms with Crippen molar-refractivity contribution >= 4 is 17.7 Å². The molecule has 8 heteroatoms. The molecule has 2 aromatic heterocycles. The predicted octanol–water partition coefficient (Wildman–Crippen LogP) is 2.60. The molecule has 0 saturated carbocycles. The average molecular weight is 457 g/mol. The highest BCUT2D eigenvalue weighted by atomic mass is 16.5. The highest BCUT2D eigenvalue weighted by Crippen LogP contribution is 2.22. The number of morpholine rings is 1. The third kappa shape index (κ3) is 6.25. The van der Waals surface area contributed by atoms with E-state index in [1.807, 2.05) is 41.3 Å². The lowest BCUT2D eigenvalue weighted by Gasteiger charge is -2.25. The minimum atomic E-state index is -0.508. The van der Waals surface area contributed by atoms with E-state index in [1.54, 1.807) is 18.5 Å². The summed E-state index contributed by atoms with van der Waals surface area (Å²) >= 11 is 0. The Kier molecular flexibility index (Phi) is 7.60. The van der Waals surface area contributed by atoms with E-state index in [0.717, 1.165) is 16.7 Å². The molecule has 34 heavy (non-hydrogen) atoms. The van der Waals surface area contributed by atoms with Gasteiger partial charge in [0.05, 0.1) is 38.1 Å². The van der Waals surface area contributed by atoms with E-state index in [9.17, 15) is 9.59 Å². The molecular formula is C26H24N4O4. The van der Waals surface area contributed by atoms with Gasteiger partial charge in [-0.2, -0.15) is 0 Å². The van der Waals surface area contributed by atoms with Gasteiger partial charge < -0.3 is 14.8 Å². The molecular weight excluding hydrogens is 432 g/mol. The minimum Gasteiger partial charge on any atom is -0.465 e. The Morgan fingerprint density at radius 3 is 2.56 bits per heavy atom. The Labute approximate surface area is 197 Å². The maximum absolute atomic E-state index is 12.5. The van der Waals surface area contributed by atoms with Crippen LogP contribution in [0.25, 0.3) is 11.3 Å². The summed E-state index contributed by atoms with van der Waals surface area (Å²) in [6, 6.07) is 14.4. The van der Waals surface area contributed by atoms with Gasteiger partial charge in [-0.05, 0) is 36.4 Å². The third-order valence-electron chi connectivity index (χ3n) is 5.18. The van der Waals surface area contributed by atoms with E-state index in [1.165, 1.54) is 13.2 Å². The van der Waals surface area contributed by atoms with Crippen molar-refractivity contribution in [2.75, 3.05) is 45.3 Å². The molecule has 0 aliphatic carbocycles. The van der Waals surface area contributed by atoms with Gasteiger partial charge in [0, 0.05) is 42.2 Å². The van der Waals surface area contributed by atoms with Crippen LogP contribution in [0.1, 0.15) is 21.5 Å². The van der Waals surface area contributed by atoms with Gasteiger partial charge in [-0.3, -0.25) is 14.7 Å². The van der Waals surface area contributed by atoms with E-state index in [0.29, 0.717) is 37.6 Å². The Morgan fingerprint density at radius 2 is 1.85 bits per heavy atom. The lowest BCUT2D eigenvalue weighted by molar-refractivity contribution is -0.118. The largest absolute Gasteiger partial charge is 0.465 e. The fourth-order valence-electron chi connectivity index (χ4n) is 3.43.